The van der Waals surface area contributed by atoms with Crippen LogP contribution >= 0.6 is 12.4 Å². The van der Waals surface area contributed by atoms with Gasteiger partial charge < -0.3 is 15.7 Å². The van der Waals surface area contributed by atoms with Crippen LogP contribution in [0, 0.1) is 0 Å². The monoisotopic (exact) mass is 372 g/mol. The number of aromatic nitrogens is 2. The van der Waals surface area contributed by atoms with E-state index in [4.69, 9.17) is 5.11 Å². The Morgan fingerprint density at radius 2 is 1.85 bits per heavy atom. The van der Waals surface area contributed by atoms with E-state index in [2.05, 4.69) is 15.7 Å². The van der Waals surface area contributed by atoms with Crippen molar-refractivity contribution in [3.8, 4) is 11.3 Å². The van der Waals surface area contributed by atoms with Crippen LogP contribution in [0.5, 0.6) is 0 Å². The maximum Gasteiger partial charge on any atom is 0.196 e. The van der Waals surface area contributed by atoms with Gasteiger partial charge in [0.25, 0.3) is 0 Å². The molecule has 3 N–H and O–H groups in total. The van der Waals surface area contributed by atoms with Crippen LogP contribution < -0.4 is 10.6 Å². The Kier molecular flexibility index (Phi) is 5.27. The fourth-order valence-corrected chi connectivity index (χ4v) is 3.46. The number of ketones is 1. The number of carbonyl (C=O) groups is 1. The molecule has 0 radical (unpaired) electrons. The molecule has 1 aromatic heterocycles. The number of carbonyl (C=O) groups excluding carboxylic acids is 1. The number of aryl methyl sites for hydroxylation is 1. The van der Waals surface area contributed by atoms with E-state index < -0.39 is 0 Å². The van der Waals surface area contributed by atoms with Crippen molar-refractivity contribution in [1.82, 2.24) is 15.1 Å². The quantitative estimate of drug-likeness (QED) is 0.452. The highest BCUT2D eigenvalue weighted by atomic mass is 35.5. The molecule has 1 aliphatic carbocycles. The fourth-order valence-electron chi connectivity index (χ4n) is 3.46. The fraction of sp³-hybridized carbons (Fsp3) is 0.263. The van der Waals surface area contributed by atoms with Crippen molar-refractivity contribution < 1.29 is 9.90 Å². The van der Waals surface area contributed by atoms with Crippen molar-refractivity contribution in [2.45, 2.75) is 0 Å². The second-order valence-electron chi connectivity index (χ2n) is 6.13. The topological polar surface area (TPSA) is 79.2 Å². The van der Waals surface area contributed by atoms with Crippen LogP contribution in [0.25, 0.3) is 22.2 Å². The van der Waals surface area contributed by atoms with Crippen LogP contribution in [0.3, 0.4) is 0 Å². The van der Waals surface area contributed by atoms with E-state index in [1.54, 1.807) is 0 Å². The number of aliphatic hydroxyl groups excluding tert-OH is 1. The summed E-state index contributed by atoms with van der Waals surface area (Å²) >= 11 is 0. The summed E-state index contributed by atoms with van der Waals surface area (Å²) < 4.78 is 1.83. The van der Waals surface area contributed by atoms with E-state index in [-0.39, 0.29) is 24.8 Å². The summed E-state index contributed by atoms with van der Waals surface area (Å²) in [5.41, 5.74) is 4.93. The summed E-state index contributed by atoms with van der Waals surface area (Å²) in [6.07, 6.45) is 0. The molecule has 0 unspecified atom stereocenters. The molecule has 1 heterocycles. The molecular formula is C19H21ClN4O2. The van der Waals surface area contributed by atoms with Crippen LogP contribution in [0.2, 0.25) is 0 Å². The third-order valence-electron chi connectivity index (χ3n) is 4.57. The predicted molar refractivity (Wildman–Crippen MR) is 105 cm³/mol. The molecule has 0 aliphatic heterocycles. The van der Waals surface area contributed by atoms with Gasteiger partial charge in [0, 0.05) is 48.9 Å². The predicted octanol–water partition coefficient (Wildman–Crippen LogP) is 2.20. The zero-order valence-electron chi connectivity index (χ0n) is 14.5. The zero-order valence-corrected chi connectivity index (χ0v) is 15.3. The van der Waals surface area contributed by atoms with Gasteiger partial charge in [-0.15, -0.1) is 12.4 Å². The Morgan fingerprint density at radius 1 is 1.08 bits per heavy atom. The SMILES string of the molecule is Cl.Cn1nc2c3c(cccc31)C(=O)c1c(NCCNCCO)cccc1-2. The lowest BCUT2D eigenvalue weighted by atomic mass is 9.86. The molecule has 26 heavy (non-hydrogen) atoms. The molecule has 136 valence electrons. The molecule has 0 amide bonds. The van der Waals surface area contributed by atoms with E-state index in [1.165, 1.54) is 0 Å². The smallest absolute Gasteiger partial charge is 0.196 e. The Labute approximate surface area is 157 Å². The number of hydrogen-bond acceptors (Lipinski definition) is 5. The molecule has 0 saturated heterocycles. The van der Waals surface area contributed by atoms with Gasteiger partial charge >= 0.3 is 0 Å². The van der Waals surface area contributed by atoms with Gasteiger partial charge in [-0.2, -0.15) is 5.10 Å². The van der Waals surface area contributed by atoms with Gasteiger partial charge in [-0.3, -0.25) is 9.48 Å². The average Bonchev–Trinajstić information content (AvgIpc) is 2.97. The highest BCUT2D eigenvalue weighted by Gasteiger charge is 2.30. The van der Waals surface area contributed by atoms with Crippen LogP contribution in [0.1, 0.15) is 15.9 Å². The maximum absolute atomic E-state index is 13.1. The van der Waals surface area contributed by atoms with Crippen molar-refractivity contribution in [3.63, 3.8) is 0 Å². The summed E-state index contributed by atoms with van der Waals surface area (Å²) in [6.45, 7) is 2.06. The Hall–Kier alpha value is -2.41. The Bertz CT molecular complexity index is 968. The Morgan fingerprint density at radius 3 is 2.65 bits per heavy atom. The van der Waals surface area contributed by atoms with Gasteiger partial charge in [0.1, 0.15) is 5.69 Å². The van der Waals surface area contributed by atoms with Gasteiger partial charge in [-0.05, 0) is 12.1 Å². The van der Waals surface area contributed by atoms with E-state index in [0.717, 1.165) is 27.8 Å². The van der Waals surface area contributed by atoms with Crippen LogP contribution in [-0.2, 0) is 7.05 Å². The van der Waals surface area contributed by atoms with Crippen LogP contribution in [0.4, 0.5) is 5.69 Å². The first-order valence-electron chi connectivity index (χ1n) is 8.41. The van der Waals surface area contributed by atoms with Crippen molar-refractivity contribution in [3.05, 3.63) is 47.5 Å². The van der Waals surface area contributed by atoms with E-state index in [9.17, 15) is 4.79 Å². The number of hydrogen-bond donors (Lipinski definition) is 3. The first-order chi connectivity index (χ1) is 12.2. The second kappa shape index (κ2) is 7.45. The maximum atomic E-state index is 13.1. The standard InChI is InChI=1S/C19H20N4O2.ClH/c1-23-15-7-3-5-13-17(15)18(22-23)12-4-2-6-14(16(12)19(13)25)21-9-8-20-10-11-24;/h2-7,20-21,24H,8-11H2,1H3;1H. The summed E-state index contributed by atoms with van der Waals surface area (Å²) in [7, 11) is 1.90. The number of aliphatic hydroxyl groups is 1. The first-order valence-corrected chi connectivity index (χ1v) is 8.41. The van der Waals surface area contributed by atoms with Gasteiger partial charge in [0.05, 0.1) is 17.7 Å². The number of fused-ring (bicyclic) bond motifs is 2. The molecule has 4 rings (SSSR count). The van der Waals surface area contributed by atoms with Gasteiger partial charge in [-0.25, -0.2) is 0 Å². The largest absolute Gasteiger partial charge is 0.395 e. The lowest BCUT2D eigenvalue weighted by Gasteiger charge is -2.19. The van der Waals surface area contributed by atoms with Crippen LogP contribution in [-0.4, -0.2) is 46.9 Å². The number of nitrogens with zero attached hydrogens (tertiary/aromatic N) is 2. The lowest BCUT2D eigenvalue weighted by Crippen LogP contribution is -2.25. The minimum atomic E-state index is 0. The minimum Gasteiger partial charge on any atom is -0.395 e. The van der Waals surface area contributed by atoms with Gasteiger partial charge in [-0.1, -0.05) is 24.3 Å². The molecule has 0 saturated carbocycles. The molecule has 0 bridgehead atoms. The molecule has 6 nitrogen and oxygen atoms in total. The highest BCUT2D eigenvalue weighted by Crippen LogP contribution is 2.41. The minimum absolute atomic E-state index is 0. The van der Waals surface area contributed by atoms with Crippen molar-refractivity contribution >= 4 is 34.8 Å². The number of nitrogens with one attached hydrogen (secondary N) is 2. The molecule has 3 aromatic rings. The first kappa shape index (κ1) is 18.4. The lowest BCUT2D eigenvalue weighted by molar-refractivity contribution is 0.104. The number of halogens is 1. The second-order valence-corrected chi connectivity index (χ2v) is 6.13. The molecule has 7 heteroatoms. The highest BCUT2D eigenvalue weighted by molar-refractivity contribution is 6.27. The van der Waals surface area contributed by atoms with E-state index in [1.807, 2.05) is 48.1 Å². The van der Waals surface area contributed by atoms with Gasteiger partial charge in [0.2, 0.25) is 0 Å². The number of anilines is 1. The van der Waals surface area contributed by atoms with Crippen LogP contribution in [0.15, 0.2) is 36.4 Å². The molecular weight excluding hydrogens is 352 g/mol. The average molecular weight is 373 g/mol. The number of benzene rings is 2. The molecule has 0 atom stereocenters. The van der Waals surface area contributed by atoms with Crippen molar-refractivity contribution in [2.75, 3.05) is 31.6 Å². The van der Waals surface area contributed by atoms with E-state index in [0.29, 0.717) is 30.8 Å². The molecule has 0 spiro atoms. The van der Waals surface area contributed by atoms with E-state index >= 15 is 0 Å². The molecule has 2 aromatic carbocycles. The summed E-state index contributed by atoms with van der Waals surface area (Å²) in [4.78, 5) is 13.1. The van der Waals surface area contributed by atoms with Gasteiger partial charge in [0.15, 0.2) is 5.78 Å². The summed E-state index contributed by atoms with van der Waals surface area (Å²) in [6, 6.07) is 11.6. The van der Waals surface area contributed by atoms with Crippen molar-refractivity contribution in [2.24, 2.45) is 7.05 Å². The molecule has 0 fully saturated rings. The summed E-state index contributed by atoms with van der Waals surface area (Å²) in [5, 5.41) is 20.8. The summed E-state index contributed by atoms with van der Waals surface area (Å²) in [5.74, 6) is 0.0347. The Balaban J connectivity index is 0.00000196. The normalized spacial score (nSPS) is 12.0. The number of rotatable bonds is 6. The van der Waals surface area contributed by atoms with Crippen molar-refractivity contribution in [1.29, 1.82) is 0 Å². The third kappa shape index (κ3) is 2.86. The molecule has 1 aliphatic rings. The third-order valence-corrected chi connectivity index (χ3v) is 4.57. The zero-order chi connectivity index (χ0) is 17.4.